The third-order valence-electron chi connectivity index (χ3n) is 3.89. The summed E-state index contributed by atoms with van der Waals surface area (Å²) in [5, 5.41) is 0. The number of rotatable bonds is 2. The maximum Gasteiger partial charge on any atom is 0.167 e. The van der Waals surface area contributed by atoms with Crippen LogP contribution in [-0.4, -0.2) is 36.0 Å². The molecule has 3 rings (SSSR count). The Morgan fingerprint density at radius 2 is 2.06 bits per heavy atom. The number of hydrogen-bond donors (Lipinski definition) is 0. The second-order valence-corrected chi connectivity index (χ2v) is 5.01. The predicted molar refractivity (Wildman–Crippen MR) is 68.0 cm³/mol. The normalized spacial score (nSPS) is 28.4. The van der Waals surface area contributed by atoms with E-state index < -0.39 is 0 Å². The molecule has 2 fully saturated rings. The molecule has 0 aromatic heterocycles. The van der Waals surface area contributed by atoms with Crippen LogP contribution in [0.2, 0.25) is 0 Å². The maximum absolute atomic E-state index is 11.9. The Morgan fingerprint density at radius 3 is 2.76 bits per heavy atom. The molecule has 0 unspecified atom stereocenters. The average Bonchev–Trinajstić information content (AvgIpc) is 2.88. The van der Waals surface area contributed by atoms with Gasteiger partial charge in [-0.25, -0.2) is 0 Å². The summed E-state index contributed by atoms with van der Waals surface area (Å²) in [6, 6.07) is 10.9. The maximum atomic E-state index is 11.9. The molecule has 0 amide bonds. The summed E-state index contributed by atoms with van der Waals surface area (Å²) >= 11 is 0. The van der Waals surface area contributed by atoms with Gasteiger partial charge in [0, 0.05) is 24.8 Å². The van der Waals surface area contributed by atoms with Crippen LogP contribution < -0.4 is 4.90 Å². The number of fused-ring (bicyclic) bond motifs is 1. The van der Waals surface area contributed by atoms with E-state index in [1.54, 1.807) is 6.92 Å². The van der Waals surface area contributed by atoms with Crippen molar-refractivity contribution in [1.82, 2.24) is 4.90 Å². The van der Waals surface area contributed by atoms with Crippen LogP contribution in [0.1, 0.15) is 19.8 Å². The number of anilines is 1. The van der Waals surface area contributed by atoms with Crippen molar-refractivity contribution in [2.45, 2.75) is 32.0 Å². The lowest BCUT2D eigenvalue weighted by atomic mass is 10.2. The highest BCUT2D eigenvalue weighted by Gasteiger charge is 2.43. The molecule has 0 spiro atoms. The smallest absolute Gasteiger partial charge is 0.167 e. The Bertz CT molecular complexity index is 417. The third-order valence-corrected chi connectivity index (χ3v) is 3.89. The van der Waals surface area contributed by atoms with Gasteiger partial charge in [0.2, 0.25) is 0 Å². The van der Waals surface area contributed by atoms with Crippen molar-refractivity contribution in [3.63, 3.8) is 0 Å². The van der Waals surface area contributed by atoms with Gasteiger partial charge in [0.15, 0.2) is 5.78 Å². The minimum Gasteiger partial charge on any atom is -0.348 e. The van der Waals surface area contributed by atoms with Crippen LogP contribution in [0.15, 0.2) is 30.3 Å². The van der Waals surface area contributed by atoms with Crippen LogP contribution in [-0.2, 0) is 4.79 Å². The largest absolute Gasteiger partial charge is 0.348 e. The Labute approximate surface area is 102 Å². The number of carbonyl (C=O) groups excluding carboxylic acids is 1. The van der Waals surface area contributed by atoms with Crippen LogP contribution in [0.4, 0.5) is 5.69 Å². The number of para-hydroxylation sites is 1. The zero-order valence-electron chi connectivity index (χ0n) is 10.2. The van der Waals surface area contributed by atoms with Crippen molar-refractivity contribution in [1.29, 1.82) is 0 Å². The summed E-state index contributed by atoms with van der Waals surface area (Å²) in [7, 11) is 0. The van der Waals surface area contributed by atoms with Crippen molar-refractivity contribution in [3.8, 4) is 0 Å². The van der Waals surface area contributed by atoms with Gasteiger partial charge in [-0.05, 0) is 31.9 Å². The molecular formula is C14H18N2O. The number of carbonyl (C=O) groups is 1. The molecule has 3 nitrogen and oxygen atoms in total. The number of Topliss-reactive ketones (excluding diaryl/α,β-unsaturated/α-hetero) is 1. The van der Waals surface area contributed by atoms with Gasteiger partial charge >= 0.3 is 0 Å². The summed E-state index contributed by atoms with van der Waals surface area (Å²) in [5.41, 5.74) is 1.17. The fraction of sp³-hybridized carbons (Fsp3) is 0.500. The Hall–Kier alpha value is -1.35. The second kappa shape index (κ2) is 4.15. The second-order valence-electron chi connectivity index (χ2n) is 5.01. The van der Waals surface area contributed by atoms with Gasteiger partial charge < -0.3 is 4.90 Å². The first-order chi connectivity index (χ1) is 8.27. The number of ketones is 1. The minimum absolute atomic E-state index is 0.0371. The van der Waals surface area contributed by atoms with E-state index in [0.717, 1.165) is 13.1 Å². The van der Waals surface area contributed by atoms with E-state index in [-0.39, 0.29) is 11.9 Å². The molecule has 2 aliphatic heterocycles. The first kappa shape index (κ1) is 10.8. The van der Waals surface area contributed by atoms with Gasteiger partial charge in [-0.15, -0.1) is 0 Å². The van der Waals surface area contributed by atoms with Crippen molar-refractivity contribution in [2.24, 2.45) is 0 Å². The zero-order chi connectivity index (χ0) is 11.8. The summed E-state index contributed by atoms with van der Waals surface area (Å²) < 4.78 is 0. The first-order valence-corrected chi connectivity index (χ1v) is 6.35. The van der Waals surface area contributed by atoms with E-state index in [9.17, 15) is 4.79 Å². The van der Waals surface area contributed by atoms with E-state index >= 15 is 0 Å². The molecule has 2 saturated heterocycles. The molecule has 2 heterocycles. The quantitative estimate of drug-likeness (QED) is 0.775. The van der Waals surface area contributed by atoms with Crippen LogP contribution in [0.5, 0.6) is 0 Å². The molecule has 3 heteroatoms. The van der Waals surface area contributed by atoms with E-state index in [1.807, 2.05) is 18.2 Å². The fourth-order valence-corrected chi connectivity index (χ4v) is 3.20. The third kappa shape index (κ3) is 1.75. The highest BCUT2D eigenvalue weighted by atomic mass is 16.1. The van der Waals surface area contributed by atoms with Gasteiger partial charge in [-0.2, -0.15) is 0 Å². The van der Waals surface area contributed by atoms with E-state index in [4.69, 9.17) is 0 Å². The summed E-state index contributed by atoms with van der Waals surface area (Å²) in [6.07, 6.45) is 2.43. The lowest BCUT2D eigenvalue weighted by molar-refractivity contribution is -0.121. The molecular weight excluding hydrogens is 212 g/mol. The molecule has 0 saturated carbocycles. The number of hydrogen-bond acceptors (Lipinski definition) is 3. The summed E-state index contributed by atoms with van der Waals surface area (Å²) in [5.74, 6) is 0.262. The molecule has 2 atom stereocenters. The van der Waals surface area contributed by atoms with Gasteiger partial charge in [0.25, 0.3) is 0 Å². The molecule has 17 heavy (non-hydrogen) atoms. The lowest BCUT2D eigenvalue weighted by Gasteiger charge is -2.28. The monoisotopic (exact) mass is 230 g/mol. The predicted octanol–water partition coefficient (Wildman–Crippen LogP) is 1.89. The van der Waals surface area contributed by atoms with Crippen LogP contribution in [0, 0.1) is 0 Å². The van der Waals surface area contributed by atoms with Crippen molar-refractivity contribution in [2.75, 3.05) is 18.0 Å². The first-order valence-electron chi connectivity index (χ1n) is 6.35. The molecule has 1 aromatic carbocycles. The fourth-order valence-electron chi connectivity index (χ4n) is 3.20. The molecule has 0 bridgehead atoms. The average molecular weight is 230 g/mol. The van der Waals surface area contributed by atoms with E-state index in [2.05, 4.69) is 21.9 Å². The van der Waals surface area contributed by atoms with Crippen LogP contribution in [0.3, 0.4) is 0 Å². The van der Waals surface area contributed by atoms with Gasteiger partial charge in [0.1, 0.15) is 6.17 Å². The Balaban J connectivity index is 1.92. The topological polar surface area (TPSA) is 23.6 Å². The molecule has 0 radical (unpaired) electrons. The molecule has 0 N–H and O–H groups in total. The zero-order valence-corrected chi connectivity index (χ0v) is 10.2. The molecule has 0 aliphatic carbocycles. The highest BCUT2D eigenvalue weighted by Crippen LogP contribution is 2.33. The van der Waals surface area contributed by atoms with Crippen LogP contribution in [0.25, 0.3) is 0 Å². The van der Waals surface area contributed by atoms with Gasteiger partial charge in [-0.1, -0.05) is 18.2 Å². The summed E-state index contributed by atoms with van der Waals surface area (Å²) in [6.45, 7) is 3.77. The highest BCUT2D eigenvalue weighted by molar-refractivity contribution is 5.85. The van der Waals surface area contributed by atoms with Crippen LogP contribution >= 0.6 is 0 Å². The number of benzene rings is 1. The Kier molecular flexibility index (Phi) is 2.63. The van der Waals surface area contributed by atoms with Gasteiger partial charge in [-0.3, -0.25) is 9.69 Å². The Morgan fingerprint density at radius 1 is 1.29 bits per heavy atom. The molecule has 90 valence electrons. The molecule has 2 aliphatic rings. The lowest BCUT2D eigenvalue weighted by Crippen LogP contribution is -2.44. The van der Waals surface area contributed by atoms with Crippen molar-refractivity contribution >= 4 is 11.5 Å². The van der Waals surface area contributed by atoms with Crippen molar-refractivity contribution < 1.29 is 4.79 Å². The molecule has 1 aromatic rings. The SMILES string of the molecule is CC(=O)[C@H]1N(c2ccccc2)C[C@@H]2CCCN21. The minimum atomic E-state index is -0.0371. The van der Waals surface area contributed by atoms with E-state index in [0.29, 0.717) is 6.04 Å². The number of nitrogens with zero attached hydrogens (tertiary/aromatic N) is 2. The van der Waals surface area contributed by atoms with Gasteiger partial charge in [0.05, 0.1) is 0 Å². The van der Waals surface area contributed by atoms with E-state index in [1.165, 1.54) is 18.5 Å². The standard InChI is InChI=1S/C14H18N2O/c1-11(17)14-15-9-5-8-13(15)10-16(14)12-6-3-2-4-7-12/h2-4,6-7,13-14H,5,8-10H2,1H3/t13-,14+/m0/s1. The summed E-state index contributed by atoms with van der Waals surface area (Å²) in [4.78, 5) is 16.5. The van der Waals surface area contributed by atoms with Crippen molar-refractivity contribution in [3.05, 3.63) is 30.3 Å².